The first kappa shape index (κ1) is 18.1. The van der Waals surface area contributed by atoms with Crippen LogP contribution in [0.3, 0.4) is 0 Å². The highest BCUT2D eigenvalue weighted by atomic mass is 16.5. The van der Waals surface area contributed by atoms with Gasteiger partial charge in [0.1, 0.15) is 0 Å². The lowest BCUT2D eigenvalue weighted by Gasteiger charge is -2.35. The predicted octanol–water partition coefficient (Wildman–Crippen LogP) is 0.483. The molecule has 1 aliphatic heterocycles. The Morgan fingerprint density at radius 2 is 2.08 bits per heavy atom. The van der Waals surface area contributed by atoms with Crippen molar-refractivity contribution in [1.29, 1.82) is 0 Å². The van der Waals surface area contributed by atoms with Gasteiger partial charge in [0.15, 0.2) is 11.5 Å². The molecule has 0 aliphatic carbocycles. The third-order valence-electron chi connectivity index (χ3n) is 4.17. The Morgan fingerprint density at radius 1 is 1.33 bits per heavy atom. The molecule has 0 aromatic heterocycles. The number of rotatable bonds is 6. The van der Waals surface area contributed by atoms with Gasteiger partial charge in [0.25, 0.3) is 0 Å². The molecule has 24 heavy (non-hydrogen) atoms. The van der Waals surface area contributed by atoms with Gasteiger partial charge in [-0.25, -0.2) is 0 Å². The lowest BCUT2D eigenvalue weighted by Crippen LogP contribution is -2.56. The number of benzene rings is 1. The number of nitrogens with one attached hydrogen (secondary N) is 1. The Bertz CT molecular complexity index is 603. The Morgan fingerprint density at radius 3 is 2.71 bits per heavy atom. The number of nitrogens with zero attached hydrogens (tertiary/aromatic N) is 2. The molecule has 0 unspecified atom stereocenters. The molecule has 1 N–H and O–H groups in total. The number of hydrogen-bond acceptors (Lipinski definition) is 5. The maximum atomic E-state index is 12.3. The SMILES string of the molecule is COc1cccc(CN2CCNC(=O)[C@@H]2CC(=O)N(C)C)c1OC. The number of methoxy groups -OCH3 is 2. The van der Waals surface area contributed by atoms with Gasteiger partial charge in [0.2, 0.25) is 11.8 Å². The van der Waals surface area contributed by atoms with Crippen LogP contribution in [0, 0.1) is 0 Å². The van der Waals surface area contributed by atoms with Gasteiger partial charge < -0.3 is 19.7 Å². The minimum atomic E-state index is -0.482. The van der Waals surface area contributed by atoms with Crippen LogP contribution in [0.2, 0.25) is 0 Å². The number of carbonyl (C=O) groups is 2. The molecule has 1 aliphatic rings. The fourth-order valence-electron chi connectivity index (χ4n) is 2.82. The zero-order valence-electron chi connectivity index (χ0n) is 14.7. The van der Waals surface area contributed by atoms with Crippen LogP contribution in [0.25, 0.3) is 0 Å². The van der Waals surface area contributed by atoms with E-state index in [0.29, 0.717) is 31.1 Å². The van der Waals surface area contributed by atoms with Gasteiger partial charge >= 0.3 is 0 Å². The molecule has 0 spiro atoms. The van der Waals surface area contributed by atoms with Crippen LogP contribution in [0.1, 0.15) is 12.0 Å². The monoisotopic (exact) mass is 335 g/mol. The summed E-state index contributed by atoms with van der Waals surface area (Å²) in [5.41, 5.74) is 0.925. The molecule has 2 amide bonds. The first-order valence-electron chi connectivity index (χ1n) is 7.89. The number of carbonyl (C=O) groups excluding carboxylic acids is 2. The van der Waals surface area contributed by atoms with Crippen molar-refractivity contribution in [3.63, 3.8) is 0 Å². The van der Waals surface area contributed by atoms with Crippen molar-refractivity contribution in [3.8, 4) is 11.5 Å². The summed E-state index contributed by atoms with van der Waals surface area (Å²) in [7, 11) is 6.57. The van der Waals surface area contributed by atoms with E-state index in [1.807, 2.05) is 23.1 Å². The maximum absolute atomic E-state index is 12.3. The Hall–Kier alpha value is -2.28. The highest BCUT2D eigenvalue weighted by Gasteiger charge is 2.32. The second kappa shape index (κ2) is 8.01. The van der Waals surface area contributed by atoms with Crippen LogP contribution < -0.4 is 14.8 Å². The van der Waals surface area contributed by atoms with Crippen LogP contribution in [0.5, 0.6) is 11.5 Å². The zero-order valence-corrected chi connectivity index (χ0v) is 14.7. The quantitative estimate of drug-likeness (QED) is 0.819. The molecule has 7 heteroatoms. The average molecular weight is 335 g/mol. The number of para-hydroxylation sites is 1. The molecule has 1 heterocycles. The molecule has 1 atom stereocenters. The van der Waals surface area contributed by atoms with E-state index in [2.05, 4.69) is 5.32 Å². The minimum Gasteiger partial charge on any atom is -0.493 e. The van der Waals surface area contributed by atoms with E-state index < -0.39 is 6.04 Å². The summed E-state index contributed by atoms with van der Waals surface area (Å²) in [5.74, 6) is 1.12. The van der Waals surface area contributed by atoms with E-state index in [0.717, 1.165) is 5.56 Å². The fourth-order valence-corrected chi connectivity index (χ4v) is 2.82. The molecule has 0 radical (unpaired) electrons. The minimum absolute atomic E-state index is 0.0698. The topological polar surface area (TPSA) is 71.1 Å². The first-order valence-corrected chi connectivity index (χ1v) is 7.89. The summed E-state index contributed by atoms with van der Waals surface area (Å²) in [5, 5.41) is 2.84. The van der Waals surface area contributed by atoms with Gasteiger partial charge in [-0.15, -0.1) is 0 Å². The molecule has 0 saturated carbocycles. The van der Waals surface area contributed by atoms with E-state index in [-0.39, 0.29) is 18.2 Å². The van der Waals surface area contributed by atoms with E-state index in [9.17, 15) is 9.59 Å². The van der Waals surface area contributed by atoms with Crippen molar-refractivity contribution < 1.29 is 19.1 Å². The standard InChI is InChI=1S/C17H25N3O4/c1-19(2)15(21)10-13-17(22)18-8-9-20(13)11-12-6-5-7-14(23-3)16(12)24-4/h5-7,13H,8-11H2,1-4H3,(H,18,22)/t13-/m0/s1. The molecule has 132 valence electrons. The molecule has 2 rings (SSSR count). The normalized spacial score (nSPS) is 18.0. The van der Waals surface area contributed by atoms with Crippen LogP contribution in [0.4, 0.5) is 0 Å². The fraction of sp³-hybridized carbons (Fsp3) is 0.529. The van der Waals surface area contributed by atoms with Gasteiger partial charge in [-0.2, -0.15) is 0 Å². The molecule has 1 saturated heterocycles. The Balaban J connectivity index is 2.22. The van der Waals surface area contributed by atoms with Crippen LogP contribution in [0.15, 0.2) is 18.2 Å². The summed E-state index contributed by atoms with van der Waals surface area (Å²) in [6.07, 6.45) is 0.158. The largest absolute Gasteiger partial charge is 0.493 e. The number of hydrogen-bond donors (Lipinski definition) is 1. The van der Waals surface area contributed by atoms with Crippen molar-refractivity contribution in [1.82, 2.24) is 15.1 Å². The Labute approximate surface area is 142 Å². The summed E-state index contributed by atoms with van der Waals surface area (Å²) in [4.78, 5) is 27.8. The number of ether oxygens (including phenoxy) is 2. The van der Waals surface area contributed by atoms with Gasteiger partial charge in [-0.05, 0) is 6.07 Å². The highest BCUT2D eigenvalue weighted by molar-refractivity contribution is 5.88. The summed E-state index contributed by atoms with van der Waals surface area (Å²) in [6, 6.07) is 5.18. The van der Waals surface area contributed by atoms with Crippen molar-refractivity contribution in [2.45, 2.75) is 19.0 Å². The molecule has 7 nitrogen and oxygen atoms in total. The van der Waals surface area contributed by atoms with Crippen molar-refractivity contribution in [3.05, 3.63) is 23.8 Å². The zero-order chi connectivity index (χ0) is 17.7. The van der Waals surface area contributed by atoms with E-state index in [1.54, 1.807) is 28.3 Å². The maximum Gasteiger partial charge on any atom is 0.237 e. The van der Waals surface area contributed by atoms with Crippen molar-refractivity contribution >= 4 is 11.8 Å². The summed E-state index contributed by atoms with van der Waals surface area (Å²) < 4.78 is 10.8. The second-order valence-corrected chi connectivity index (χ2v) is 5.92. The van der Waals surface area contributed by atoms with Gasteiger partial charge in [-0.1, -0.05) is 12.1 Å². The van der Waals surface area contributed by atoms with Crippen molar-refractivity contribution in [2.75, 3.05) is 41.4 Å². The van der Waals surface area contributed by atoms with Crippen LogP contribution >= 0.6 is 0 Å². The average Bonchev–Trinajstić information content (AvgIpc) is 2.57. The third-order valence-corrected chi connectivity index (χ3v) is 4.17. The lowest BCUT2D eigenvalue weighted by molar-refractivity contribution is -0.137. The van der Waals surface area contributed by atoms with Crippen LogP contribution in [-0.4, -0.2) is 69.1 Å². The van der Waals surface area contributed by atoms with E-state index >= 15 is 0 Å². The summed E-state index contributed by atoms with van der Waals surface area (Å²) in [6.45, 7) is 1.76. The lowest BCUT2D eigenvalue weighted by atomic mass is 10.1. The number of piperazine rings is 1. The van der Waals surface area contributed by atoms with Gasteiger partial charge in [0.05, 0.1) is 26.7 Å². The second-order valence-electron chi connectivity index (χ2n) is 5.92. The highest BCUT2D eigenvalue weighted by Crippen LogP contribution is 2.32. The van der Waals surface area contributed by atoms with Gasteiger partial charge in [0, 0.05) is 39.3 Å². The third kappa shape index (κ3) is 3.97. The molecule has 1 aromatic rings. The Kier molecular flexibility index (Phi) is 6.03. The first-order chi connectivity index (χ1) is 11.5. The predicted molar refractivity (Wildman–Crippen MR) is 90.1 cm³/mol. The molecular formula is C17H25N3O4. The molecular weight excluding hydrogens is 310 g/mol. The molecule has 1 fully saturated rings. The van der Waals surface area contributed by atoms with E-state index in [1.165, 1.54) is 4.90 Å². The van der Waals surface area contributed by atoms with Gasteiger partial charge in [-0.3, -0.25) is 14.5 Å². The molecule has 1 aromatic carbocycles. The smallest absolute Gasteiger partial charge is 0.237 e. The van der Waals surface area contributed by atoms with Crippen molar-refractivity contribution in [2.24, 2.45) is 0 Å². The van der Waals surface area contributed by atoms with Crippen LogP contribution in [-0.2, 0) is 16.1 Å². The summed E-state index contributed by atoms with van der Waals surface area (Å²) >= 11 is 0. The van der Waals surface area contributed by atoms with E-state index in [4.69, 9.17) is 9.47 Å². The number of amides is 2. The molecule has 0 bridgehead atoms.